The maximum atomic E-state index is 13.9. The molecule has 0 radical (unpaired) electrons. The summed E-state index contributed by atoms with van der Waals surface area (Å²) in [6.45, 7) is 4.93. The summed E-state index contributed by atoms with van der Waals surface area (Å²) < 4.78 is 19.8. The van der Waals surface area contributed by atoms with Crippen molar-refractivity contribution >= 4 is 11.9 Å². The van der Waals surface area contributed by atoms with Crippen molar-refractivity contribution in [2.75, 3.05) is 13.1 Å². The predicted octanol–water partition coefficient (Wildman–Crippen LogP) is 2.96. The van der Waals surface area contributed by atoms with Gasteiger partial charge in [0.05, 0.1) is 24.2 Å². The number of likely N-dealkylation sites (tertiary alicyclic amines) is 1. The number of fused-ring (bicyclic) bond motifs is 1. The molecule has 0 aliphatic carbocycles. The quantitative estimate of drug-likeness (QED) is 0.819. The van der Waals surface area contributed by atoms with E-state index in [4.69, 9.17) is 4.74 Å². The van der Waals surface area contributed by atoms with Gasteiger partial charge in [-0.2, -0.15) is 0 Å². The average Bonchev–Trinajstić information content (AvgIpc) is 2.96. The SMILES string of the molecule is C[C@@H]1CCC[NH+](Cc2c(O)ccc3c2O/C(=C\c2ccccc2F)C3=O)C1. The van der Waals surface area contributed by atoms with E-state index >= 15 is 0 Å². The first-order valence-corrected chi connectivity index (χ1v) is 9.40. The van der Waals surface area contributed by atoms with Crippen molar-refractivity contribution in [3.8, 4) is 11.5 Å². The Hall–Kier alpha value is -2.66. The van der Waals surface area contributed by atoms with Crippen LogP contribution in [0.1, 0.15) is 41.3 Å². The molecule has 0 aromatic heterocycles. The molecule has 2 heterocycles. The number of nitrogens with one attached hydrogen (secondary N) is 1. The maximum Gasteiger partial charge on any atom is 0.231 e. The summed E-state index contributed by atoms with van der Waals surface area (Å²) in [5, 5.41) is 10.4. The highest BCUT2D eigenvalue weighted by atomic mass is 19.1. The molecule has 2 aliphatic heterocycles. The molecule has 0 bridgehead atoms. The first-order valence-electron chi connectivity index (χ1n) is 9.40. The lowest BCUT2D eigenvalue weighted by molar-refractivity contribution is -0.922. The van der Waals surface area contributed by atoms with E-state index in [2.05, 4.69) is 6.92 Å². The number of rotatable bonds is 3. The van der Waals surface area contributed by atoms with Gasteiger partial charge in [0.2, 0.25) is 5.78 Å². The van der Waals surface area contributed by atoms with Gasteiger partial charge in [-0.1, -0.05) is 25.1 Å². The number of benzene rings is 2. The Kier molecular flexibility index (Phi) is 4.70. The number of hydrogen-bond acceptors (Lipinski definition) is 3. The summed E-state index contributed by atoms with van der Waals surface area (Å²) >= 11 is 0. The highest BCUT2D eigenvalue weighted by molar-refractivity contribution is 6.15. The van der Waals surface area contributed by atoms with Crippen molar-refractivity contribution in [2.24, 2.45) is 5.92 Å². The summed E-state index contributed by atoms with van der Waals surface area (Å²) in [5.74, 6) is 0.590. The minimum absolute atomic E-state index is 0.0870. The number of ether oxygens (including phenoxy) is 1. The van der Waals surface area contributed by atoms with Crippen molar-refractivity contribution in [3.63, 3.8) is 0 Å². The molecule has 1 fully saturated rings. The third-order valence-electron chi connectivity index (χ3n) is 5.40. The minimum Gasteiger partial charge on any atom is -0.507 e. The molecular formula is C22H23FNO3+. The fourth-order valence-corrected chi connectivity index (χ4v) is 4.01. The molecule has 2 N–H and O–H groups in total. The Labute approximate surface area is 157 Å². The zero-order valence-electron chi connectivity index (χ0n) is 15.3. The fourth-order valence-electron chi connectivity index (χ4n) is 4.01. The minimum atomic E-state index is -0.410. The zero-order valence-corrected chi connectivity index (χ0v) is 15.3. The van der Waals surface area contributed by atoms with Gasteiger partial charge in [0.1, 0.15) is 18.1 Å². The number of carbonyl (C=O) groups is 1. The van der Waals surface area contributed by atoms with Gasteiger partial charge >= 0.3 is 0 Å². The number of halogens is 1. The Balaban J connectivity index is 1.66. The summed E-state index contributed by atoms with van der Waals surface area (Å²) in [4.78, 5) is 14.1. The second-order valence-corrected chi connectivity index (χ2v) is 7.53. The smallest absolute Gasteiger partial charge is 0.231 e. The Morgan fingerprint density at radius 3 is 2.89 bits per heavy atom. The first kappa shape index (κ1) is 17.7. The molecule has 140 valence electrons. The number of hydrogen-bond donors (Lipinski definition) is 2. The van der Waals surface area contributed by atoms with E-state index in [0.717, 1.165) is 19.5 Å². The van der Waals surface area contributed by atoms with E-state index in [0.29, 0.717) is 34.9 Å². The number of allylic oxidation sites excluding steroid dienone is 1. The van der Waals surface area contributed by atoms with Crippen molar-refractivity contribution in [2.45, 2.75) is 26.3 Å². The van der Waals surface area contributed by atoms with Crippen LogP contribution in [0.25, 0.3) is 6.08 Å². The van der Waals surface area contributed by atoms with Gasteiger partial charge in [-0.25, -0.2) is 4.39 Å². The van der Waals surface area contributed by atoms with Gasteiger partial charge in [0, 0.05) is 11.5 Å². The molecule has 2 atom stereocenters. The van der Waals surface area contributed by atoms with E-state index < -0.39 is 5.82 Å². The van der Waals surface area contributed by atoms with Crippen molar-refractivity contribution in [1.29, 1.82) is 0 Å². The number of piperidine rings is 1. The summed E-state index contributed by atoms with van der Waals surface area (Å²) in [6.07, 6.45) is 3.81. The van der Waals surface area contributed by atoms with E-state index in [1.54, 1.807) is 30.3 Å². The van der Waals surface area contributed by atoms with E-state index in [-0.39, 0.29) is 17.3 Å². The molecule has 2 aromatic rings. The van der Waals surface area contributed by atoms with Gasteiger partial charge in [0.25, 0.3) is 0 Å². The van der Waals surface area contributed by atoms with Crippen LogP contribution >= 0.6 is 0 Å². The van der Waals surface area contributed by atoms with Crippen LogP contribution in [0.3, 0.4) is 0 Å². The molecule has 4 nitrogen and oxygen atoms in total. The van der Waals surface area contributed by atoms with Gasteiger partial charge in [-0.3, -0.25) is 4.79 Å². The highest BCUT2D eigenvalue weighted by Gasteiger charge is 2.33. The van der Waals surface area contributed by atoms with Crippen LogP contribution in [0.2, 0.25) is 0 Å². The van der Waals surface area contributed by atoms with E-state index in [9.17, 15) is 14.3 Å². The lowest BCUT2D eigenvalue weighted by atomic mass is 9.99. The summed E-state index contributed by atoms with van der Waals surface area (Å²) in [5.41, 5.74) is 1.38. The predicted molar refractivity (Wildman–Crippen MR) is 100 cm³/mol. The Morgan fingerprint density at radius 2 is 2.11 bits per heavy atom. The number of aromatic hydroxyl groups is 1. The molecule has 0 saturated carbocycles. The zero-order chi connectivity index (χ0) is 19.0. The van der Waals surface area contributed by atoms with Gasteiger partial charge < -0.3 is 14.7 Å². The van der Waals surface area contributed by atoms with Gasteiger partial charge in [-0.15, -0.1) is 0 Å². The Bertz CT molecular complexity index is 922. The molecule has 1 unspecified atom stereocenters. The topological polar surface area (TPSA) is 51.0 Å². The maximum absolute atomic E-state index is 13.9. The van der Waals surface area contributed by atoms with Crippen LogP contribution in [-0.2, 0) is 6.54 Å². The lowest BCUT2D eigenvalue weighted by Gasteiger charge is -2.28. The van der Waals surface area contributed by atoms with Crippen molar-refractivity contribution in [1.82, 2.24) is 0 Å². The van der Waals surface area contributed by atoms with Crippen molar-refractivity contribution < 1.29 is 23.9 Å². The van der Waals surface area contributed by atoms with Gasteiger partial charge in [0.15, 0.2) is 11.5 Å². The van der Waals surface area contributed by atoms with Crippen LogP contribution < -0.4 is 9.64 Å². The number of phenols is 1. The number of quaternary nitrogens is 1. The molecule has 1 saturated heterocycles. The number of Topliss-reactive ketones (excluding diaryl/α,β-unsaturated/α-hetero) is 1. The van der Waals surface area contributed by atoms with E-state index in [1.165, 1.54) is 23.5 Å². The second-order valence-electron chi connectivity index (χ2n) is 7.53. The van der Waals surface area contributed by atoms with Crippen LogP contribution in [0.5, 0.6) is 11.5 Å². The standard InChI is InChI=1S/C22H22FNO3/c1-14-5-4-10-24(12-14)13-17-19(25)9-8-16-21(26)20(27-22(16)17)11-15-6-2-3-7-18(15)23/h2-3,6-9,11,14,25H,4-5,10,12-13H2,1H3/p+1/b20-11-/t14-/m1/s1. The van der Waals surface area contributed by atoms with E-state index in [1.807, 2.05) is 0 Å². The molecule has 27 heavy (non-hydrogen) atoms. The molecule has 0 amide bonds. The monoisotopic (exact) mass is 368 g/mol. The molecule has 2 aromatic carbocycles. The second kappa shape index (κ2) is 7.16. The normalized spacial score (nSPS) is 23.3. The Morgan fingerprint density at radius 1 is 1.30 bits per heavy atom. The van der Waals surface area contributed by atoms with Crippen LogP contribution in [0, 0.1) is 11.7 Å². The highest BCUT2D eigenvalue weighted by Crippen LogP contribution is 2.39. The molecule has 0 spiro atoms. The third kappa shape index (κ3) is 3.47. The largest absolute Gasteiger partial charge is 0.507 e. The summed E-state index contributed by atoms with van der Waals surface area (Å²) in [6, 6.07) is 9.37. The van der Waals surface area contributed by atoms with Crippen LogP contribution in [-0.4, -0.2) is 24.0 Å². The number of carbonyl (C=O) groups excluding carboxylic acids is 1. The van der Waals surface area contributed by atoms with Gasteiger partial charge in [-0.05, 0) is 37.1 Å². The van der Waals surface area contributed by atoms with Crippen LogP contribution in [0.4, 0.5) is 4.39 Å². The lowest BCUT2D eigenvalue weighted by Crippen LogP contribution is -3.12. The van der Waals surface area contributed by atoms with Crippen LogP contribution in [0.15, 0.2) is 42.2 Å². The molecular weight excluding hydrogens is 345 g/mol. The number of ketones is 1. The molecule has 4 rings (SSSR count). The molecule has 5 heteroatoms. The third-order valence-corrected chi connectivity index (χ3v) is 5.40. The molecule has 2 aliphatic rings. The number of phenolic OH excluding ortho intramolecular Hbond substituents is 1. The first-order chi connectivity index (χ1) is 13.0. The average molecular weight is 368 g/mol. The van der Waals surface area contributed by atoms with Crippen molar-refractivity contribution in [3.05, 3.63) is 64.7 Å². The summed E-state index contributed by atoms with van der Waals surface area (Å²) in [7, 11) is 0. The fraction of sp³-hybridized carbons (Fsp3) is 0.318.